The average Bonchev–Trinajstić information content (AvgIpc) is 1.97. The third-order valence-corrected chi connectivity index (χ3v) is 1.84. The summed E-state index contributed by atoms with van der Waals surface area (Å²) in [5.41, 5.74) is 0. The molecular weight excluding hydrogens is 142 g/mol. The highest BCUT2D eigenvalue weighted by Crippen LogP contribution is 2.05. The van der Waals surface area contributed by atoms with E-state index in [0.717, 1.165) is 18.6 Å². The van der Waals surface area contributed by atoms with Crippen molar-refractivity contribution in [3.05, 3.63) is 12.7 Å². The van der Waals surface area contributed by atoms with Crippen LogP contribution in [0.3, 0.4) is 0 Å². The molecule has 0 aromatic rings. The van der Waals surface area contributed by atoms with Crippen molar-refractivity contribution in [2.45, 2.75) is 25.7 Å². The van der Waals surface area contributed by atoms with Gasteiger partial charge in [0.05, 0.1) is 0 Å². The second kappa shape index (κ2) is 8.58. The monoisotopic (exact) mass is 155 g/mol. The Labute approximate surface area is 67.1 Å². The summed E-state index contributed by atoms with van der Waals surface area (Å²) in [6.07, 6.45) is 6.65. The van der Waals surface area contributed by atoms with Crippen LogP contribution in [0, 0.1) is 10.7 Å². The fraction of sp³-hybridized carbons (Fsp3) is 0.625. The second-order valence-electron chi connectivity index (χ2n) is 2.08. The van der Waals surface area contributed by atoms with E-state index in [0.29, 0.717) is 0 Å². The molecule has 0 aliphatic rings. The van der Waals surface area contributed by atoms with Gasteiger partial charge in [-0.15, -0.1) is 6.58 Å². The number of thiocyanates is 1. The van der Waals surface area contributed by atoms with Gasteiger partial charge in [-0.1, -0.05) is 12.5 Å². The minimum absolute atomic E-state index is 0.980. The minimum atomic E-state index is 0.980. The highest BCUT2D eigenvalue weighted by Gasteiger charge is 1.87. The van der Waals surface area contributed by atoms with E-state index in [1.54, 1.807) is 0 Å². The molecule has 0 aromatic carbocycles. The molecule has 56 valence electrons. The molecule has 0 saturated carbocycles. The van der Waals surface area contributed by atoms with Crippen LogP contribution in [0.2, 0.25) is 0 Å². The third-order valence-electron chi connectivity index (χ3n) is 1.22. The first-order valence-electron chi connectivity index (χ1n) is 3.53. The quantitative estimate of drug-likeness (QED) is 0.334. The van der Waals surface area contributed by atoms with Gasteiger partial charge in [-0.05, 0) is 31.0 Å². The van der Waals surface area contributed by atoms with Crippen LogP contribution in [0.1, 0.15) is 25.7 Å². The molecule has 0 saturated heterocycles. The van der Waals surface area contributed by atoms with Crippen LogP contribution in [0.25, 0.3) is 0 Å². The summed E-state index contributed by atoms with van der Waals surface area (Å²) in [7, 11) is 0. The molecule has 0 heterocycles. The fourth-order valence-electron chi connectivity index (χ4n) is 0.685. The van der Waals surface area contributed by atoms with E-state index in [-0.39, 0.29) is 0 Å². The smallest absolute Gasteiger partial charge is 0.133 e. The first-order chi connectivity index (χ1) is 4.91. The van der Waals surface area contributed by atoms with E-state index in [1.165, 1.54) is 24.6 Å². The van der Waals surface area contributed by atoms with Gasteiger partial charge in [0.25, 0.3) is 0 Å². The topological polar surface area (TPSA) is 23.8 Å². The maximum atomic E-state index is 8.17. The zero-order valence-electron chi connectivity index (χ0n) is 6.18. The fourth-order valence-corrected chi connectivity index (χ4v) is 1.13. The molecule has 0 aliphatic carbocycles. The predicted molar refractivity (Wildman–Crippen MR) is 46.7 cm³/mol. The Morgan fingerprint density at radius 3 is 2.80 bits per heavy atom. The molecule has 1 nitrogen and oxygen atoms in total. The van der Waals surface area contributed by atoms with Crippen molar-refractivity contribution in [3.8, 4) is 5.40 Å². The van der Waals surface area contributed by atoms with Crippen molar-refractivity contribution in [2.75, 3.05) is 5.75 Å². The molecule has 0 rings (SSSR count). The van der Waals surface area contributed by atoms with Gasteiger partial charge in [0, 0.05) is 5.75 Å². The molecule has 0 N–H and O–H groups in total. The molecule has 0 aromatic heterocycles. The van der Waals surface area contributed by atoms with Gasteiger partial charge in [0.15, 0.2) is 0 Å². The molecule has 0 aliphatic heterocycles. The largest absolute Gasteiger partial charge is 0.185 e. The molecule has 0 radical (unpaired) electrons. The van der Waals surface area contributed by atoms with Crippen molar-refractivity contribution < 1.29 is 0 Å². The van der Waals surface area contributed by atoms with Crippen molar-refractivity contribution in [2.24, 2.45) is 0 Å². The third kappa shape index (κ3) is 7.58. The van der Waals surface area contributed by atoms with Crippen LogP contribution in [-0.2, 0) is 0 Å². The lowest BCUT2D eigenvalue weighted by atomic mass is 10.2. The van der Waals surface area contributed by atoms with E-state index in [9.17, 15) is 0 Å². The number of hydrogen-bond acceptors (Lipinski definition) is 2. The van der Waals surface area contributed by atoms with Crippen LogP contribution in [-0.4, -0.2) is 5.75 Å². The van der Waals surface area contributed by atoms with Crippen LogP contribution in [0.4, 0.5) is 0 Å². The highest BCUT2D eigenvalue weighted by molar-refractivity contribution is 8.03. The molecule has 0 atom stereocenters. The lowest BCUT2D eigenvalue weighted by molar-refractivity contribution is 0.736. The van der Waals surface area contributed by atoms with Gasteiger partial charge >= 0.3 is 0 Å². The normalized spacial score (nSPS) is 8.70. The number of hydrogen-bond donors (Lipinski definition) is 0. The molecule has 10 heavy (non-hydrogen) atoms. The number of allylic oxidation sites excluding steroid dienone is 1. The molecular formula is C8H13NS. The maximum absolute atomic E-state index is 8.17. The van der Waals surface area contributed by atoms with Gasteiger partial charge in [-0.2, -0.15) is 5.26 Å². The van der Waals surface area contributed by atoms with E-state index in [4.69, 9.17) is 5.26 Å². The van der Waals surface area contributed by atoms with Crippen molar-refractivity contribution >= 4 is 11.8 Å². The molecule has 0 unspecified atom stereocenters. The number of rotatable bonds is 6. The number of nitrogens with zero attached hydrogens (tertiary/aromatic N) is 1. The summed E-state index contributed by atoms with van der Waals surface area (Å²) in [5, 5.41) is 10.2. The summed E-state index contributed by atoms with van der Waals surface area (Å²) in [6.45, 7) is 3.64. The molecule has 0 amide bonds. The van der Waals surface area contributed by atoms with E-state index in [2.05, 4.69) is 12.0 Å². The molecule has 2 heteroatoms. The maximum Gasteiger partial charge on any atom is 0.133 e. The second-order valence-corrected chi connectivity index (χ2v) is 2.96. The van der Waals surface area contributed by atoms with Crippen LogP contribution < -0.4 is 0 Å². The Morgan fingerprint density at radius 1 is 1.40 bits per heavy atom. The SMILES string of the molecule is C=CCCCCCSC#N. The Kier molecular flexibility index (Phi) is 8.22. The van der Waals surface area contributed by atoms with Gasteiger partial charge in [0.1, 0.15) is 5.40 Å². The summed E-state index contributed by atoms with van der Waals surface area (Å²) >= 11 is 1.35. The van der Waals surface area contributed by atoms with E-state index >= 15 is 0 Å². The average molecular weight is 155 g/mol. The van der Waals surface area contributed by atoms with Crippen molar-refractivity contribution in [3.63, 3.8) is 0 Å². The lowest BCUT2D eigenvalue weighted by Gasteiger charge is -1.93. The lowest BCUT2D eigenvalue weighted by Crippen LogP contribution is -1.78. The molecule has 0 bridgehead atoms. The first-order valence-corrected chi connectivity index (χ1v) is 4.52. The summed E-state index contributed by atoms with van der Waals surface area (Å²) in [5.74, 6) is 0.980. The van der Waals surface area contributed by atoms with Crippen molar-refractivity contribution in [1.29, 1.82) is 5.26 Å². The van der Waals surface area contributed by atoms with E-state index in [1.807, 2.05) is 6.08 Å². The number of nitriles is 1. The zero-order valence-corrected chi connectivity index (χ0v) is 6.99. The van der Waals surface area contributed by atoms with Gasteiger partial charge in [0.2, 0.25) is 0 Å². The van der Waals surface area contributed by atoms with Gasteiger partial charge in [-0.3, -0.25) is 0 Å². The zero-order chi connectivity index (χ0) is 7.66. The predicted octanol–water partition coefficient (Wildman–Crippen LogP) is 2.95. The van der Waals surface area contributed by atoms with Gasteiger partial charge in [-0.25, -0.2) is 0 Å². The van der Waals surface area contributed by atoms with Crippen LogP contribution >= 0.6 is 11.8 Å². The summed E-state index contributed by atoms with van der Waals surface area (Å²) in [4.78, 5) is 0. The molecule has 0 fully saturated rings. The van der Waals surface area contributed by atoms with Gasteiger partial charge < -0.3 is 0 Å². The minimum Gasteiger partial charge on any atom is -0.185 e. The van der Waals surface area contributed by atoms with E-state index < -0.39 is 0 Å². The Hall–Kier alpha value is -0.420. The summed E-state index contributed by atoms with van der Waals surface area (Å²) in [6, 6.07) is 0. The Morgan fingerprint density at radius 2 is 2.20 bits per heavy atom. The Balaban J connectivity index is 2.78. The Bertz CT molecular complexity index is 115. The highest BCUT2D eigenvalue weighted by atomic mass is 32.2. The standard InChI is InChI=1S/C8H13NS/c1-2-3-4-5-6-7-10-8-9/h2H,1,3-7H2. The van der Waals surface area contributed by atoms with Crippen LogP contribution in [0.15, 0.2) is 12.7 Å². The summed E-state index contributed by atoms with van der Waals surface area (Å²) < 4.78 is 0. The molecule has 0 spiro atoms. The van der Waals surface area contributed by atoms with Crippen molar-refractivity contribution in [1.82, 2.24) is 0 Å². The number of thioether (sulfide) groups is 1. The number of unbranched alkanes of at least 4 members (excludes halogenated alkanes) is 3. The first kappa shape index (κ1) is 9.58. The van der Waals surface area contributed by atoms with Crippen LogP contribution in [0.5, 0.6) is 0 Å².